The molecule has 0 spiro atoms. The molecular formula is C24H21N3O2S. The zero-order chi connectivity index (χ0) is 20.7. The van der Waals surface area contributed by atoms with Crippen LogP contribution in [0.15, 0.2) is 59.4 Å². The molecule has 150 valence electrons. The van der Waals surface area contributed by atoms with Gasteiger partial charge in [-0.3, -0.25) is 9.59 Å². The number of fused-ring (bicyclic) bond motifs is 3. The first-order valence-electron chi connectivity index (χ1n) is 10.2. The van der Waals surface area contributed by atoms with Crippen LogP contribution in [0.1, 0.15) is 34.1 Å². The second-order valence-corrected chi connectivity index (χ2v) is 9.03. The van der Waals surface area contributed by atoms with Crippen molar-refractivity contribution in [2.24, 2.45) is 5.92 Å². The van der Waals surface area contributed by atoms with Crippen LogP contribution in [0.4, 0.5) is 0 Å². The van der Waals surface area contributed by atoms with Crippen LogP contribution >= 0.6 is 11.3 Å². The molecule has 2 heterocycles. The van der Waals surface area contributed by atoms with Gasteiger partial charge in [0.1, 0.15) is 6.54 Å². The van der Waals surface area contributed by atoms with E-state index in [2.05, 4.69) is 17.2 Å². The lowest BCUT2D eigenvalue weighted by molar-refractivity contribution is 0.0964. The number of thiophene rings is 1. The summed E-state index contributed by atoms with van der Waals surface area (Å²) in [7, 11) is 0. The predicted molar refractivity (Wildman–Crippen MR) is 119 cm³/mol. The van der Waals surface area contributed by atoms with Crippen molar-refractivity contribution in [3.8, 4) is 11.1 Å². The number of carbonyl (C=O) groups excluding carboxylic acids is 1. The zero-order valence-corrected chi connectivity index (χ0v) is 17.5. The SMILES string of the molecule is C[C@H]1CCc2c(sc3nnn(CC(=O)c4ccc(-c5ccccc5)cc4)c(=O)c23)C1. The minimum absolute atomic E-state index is 0.104. The van der Waals surface area contributed by atoms with E-state index in [9.17, 15) is 9.59 Å². The maximum absolute atomic E-state index is 13.1. The summed E-state index contributed by atoms with van der Waals surface area (Å²) < 4.78 is 1.21. The largest absolute Gasteiger partial charge is 0.292 e. The van der Waals surface area contributed by atoms with E-state index in [0.29, 0.717) is 21.7 Å². The van der Waals surface area contributed by atoms with Crippen molar-refractivity contribution >= 4 is 27.3 Å². The lowest BCUT2D eigenvalue weighted by atomic mass is 9.89. The highest BCUT2D eigenvalue weighted by molar-refractivity contribution is 7.18. The molecule has 0 unspecified atom stereocenters. The molecule has 4 aromatic rings. The Morgan fingerprint density at radius 3 is 2.60 bits per heavy atom. The van der Waals surface area contributed by atoms with Crippen LogP contribution < -0.4 is 5.56 Å². The van der Waals surface area contributed by atoms with E-state index in [4.69, 9.17) is 0 Å². The number of nitrogens with zero attached hydrogens (tertiary/aromatic N) is 3. The highest BCUT2D eigenvalue weighted by Crippen LogP contribution is 2.35. The molecule has 1 aliphatic rings. The van der Waals surface area contributed by atoms with Gasteiger partial charge in [0, 0.05) is 10.4 Å². The second kappa shape index (κ2) is 7.61. The van der Waals surface area contributed by atoms with Crippen LogP contribution in [-0.2, 0) is 19.4 Å². The first kappa shape index (κ1) is 18.9. The number of Topliss-reactive ketones (excluding diaryl/α,β-unsaturated/α-hetero) is 1. The summed E-state index contributed by atoms with van der Waals surface area (Å²) in [6.07, 6.45) is 2.96. The lowest BCUT2D eigenvalue weighted by Gasteiger charge is -2.17. The molecule has 0 fully saturated rings. The van der Waals surface area contributed by atoms with Crippen molar-refractivity contribution < 1.29 is 4.79 Å². The van der Waals surface area contributed by atoms with Crippen molar-refractivity contribution in [2.75, 3.05) is 0 Å². The van der Waals surface area contributed by atoms with Crippen LogP contribution in [0.3, 0.4) is 0 Å². The highest BCUT2D eigenvalue weighted by atomic mass is 32.1. The summed E-state index contributed by atoms with van der Waals surface area (Å²) in [5.41, 5.74) is 3.61. The molecule has 2 aromatic heterocycles. The molecule has 0 N–H and O–H groups in total. The Balaban J connectivity index is 1.42. The number of rotatable bonds is 4. The Morgan fingerprint density at radius 1 is 1.10 bits per heavy atom. The molecule has 0 radical (unpaired) electrons. The summed E-state index contributed by atoms with van der Waals surface area (Å²) in [6.45, 7) is 2.13. The molecule has 1 aliphatic carbocycles. The van der Waals surface area contributed by atoms with Gasteiger partial charge in [-0.05, 0) is 41.9 Å². The topological polar surface area (TPSA) is 64.8 Å². The molecule has 0 saturated carbocycles. The van der Waals surface area contributed by atoms with Gasteiger partial charge in [-0.15, -0.1) is 16.4 Å². The number of hydrogen-bond donors (Lipinski definition) is 0. The van der Waals surface area contributed by atoms with Crippen LogP contribution in [-0.4, -0.2) is 20.8 Å². The molecule has 5 nitrogen and oxygen atoms in total. The van der Waals surface area contributed by atoms with Crippen LogP contribution in [0, 0.1) is 5.92 Å². The molecule has 0 bridgehead atoms. The fourth-order valence-corrected chi connectivity index (χ4v) is 5.42. The molecule has 2 aromatic carbocycles. The quantitative estimate of drug-likeness (QED) is 0.460. The van der Waals surface area contributed by atoms with E-state index < -0.39 is 0 Å². The average Bonchev–Trinajstić information content (AvgIpc) is 3.14. The van der Waals surface area contributed by atoms with Crippen LogP contribution in [0.5, 0.6) is 0 Å². The number of ketones is 1. The zero-order valence-electron chi connectivity index (χ0n) is 16.7. The Hall–Kier alpha value is -3.12. The van der Waals surface area contributed by atoms with Crippen molar-refractivity contribution in [1.82, 2.24) is 15.0 Å². The monoisotopic (exact) mass is 415 g/mol. The Labute approximate surface area is 178 Å². The maximum atomic E-state index is 13.1. The summed E-state index contributed by atoms with van der Waals surface area (Å²) in [4.78, 5) is 27.8. The first-order valence-corrected chi connectivity index (χ1v) is 11.0. The van der Waals surface area contributed by atoms with Gasteiger partial charge < -0.3 is 0 Å². The number of benzene rings is 2. The molecule has 0 saturated heterocycles. The van der Waals surface area contributed by atoms with Gasteiger partial charge in [0.15, 0.2) is 10.6 Å². The molecule has 6 heteroatoms. The average molecular weight is 416 g/mol. The molecule has 0 amide bonds. The molecule has 0 aliphatic heterocycles. The van der Waals surface area contributed by atoms with E-state index in [-0.39, 0.29) is 17.9 Å². The third kappa shape index (κ3) is 3.37. The van der Waals surface area contributed by atoms with E-state index in [1.165, 1.54) is 9.56 Å². The summed E-state index contributed by atoms with van der Waals surface area (Å²) >= 11 is 1.57. The fourth-order valence-electron chi connectivity index (χ4n) is 4.10. The van der Waals surface area contributed by atoms with E-state index in [0.717, 1.165) is 36.0 Å². The van der Waals surface area contributed by atoms with Crippen molar-refractivity contribution in [1.29, 1.82) is 0 Å². The second-order valence-electron chi connectivity index (χ2n) is 7.95. The predicted octanol–water partition coefficient (Wildman–Crippen LogP) is 4.53. The fraction of sp³-hybridized carbons (Fsp3) is 0.250. The van der Waals surface area contributed by atoms with E-state index in [1.54, 1.807) is 23.5 Å². The van der Waals surface area contributed by atoms with Gasteiger partial charge in [-0.2, -0.15) is 0 Å². The van der Waals surface area contributed by atoms with Gasteiger partial charge in [0.25, 0.3) is 5.56 Å². The first-order chi connectivity index (χ1) is 14.6. The summed E-state index contributed by atoms with van der Waals surface area (Å²) in [5.74, 6) is 0.476. The third-order valence-corrected chi connectivity index (χ3v) is 6.93. The van der Waals surface area contributed by atoms with Crippen molar-refractivity contribution in [3.63, 3.8) is 0 Å². The Morgan fingerprint density at radius 2 is 1.83 bits per heavy atom. The van der Waals surface area contributed by atoms with Crippen LogP contribution in [0.2, 0.25) is 0 Å². The minimum atomic E-state index is -0.207. The van der Waals surface area contributed by atoms with Gasteiger partial charge in [-0.25, -0.2) is 4.68 Å². The van der Waals surface area contributed by atoms with Gasteiger partial charge in [0.05, 0.1) is 5.39 Å². The molecule has 1 atom stereocenters. The Bertz CT molecular complexity index is 1290. The number of aryl methyl sites for hydroxylation is 1. The smallest absolute Gasteiger partial charge is 0.279 e. The minimum Gasteiger partial charge on any atom is -0.292 e. The van der Waals surface area contributed by atoms with Gasteiger partial charge in [-0.1, -0.05) is 66.7 Å². The lowest BCUT2D eigenvalue weighted by Crippen LogP contribution is -2.28. The molecule has 30 heavy (non-hydrogen) atoms. The normalized spacial score (nSPS) is 15.8. The Kier molecular flexibility index (Phi) is 4.79. The third-order valence-electron chi connectivity index (χ3n) is 5.79. The van der Waals surface area contributed by atoms with Gasteiger partial charge in [0.2, 0.25) is 0 Å². The summed E-state index contributed by atoms with van der Waals surface area (Å²) in [6, 6.07) is 17.5. The van der Waals surface area contributed by atoms with Crippen molar-refractivity contribution in [2.45, 2.75) is 32.7 Å². The van der Waals surface area contributed by atoms with Crippen LogP contribution in [0.25, 0.3) is 21.3 Å². The maximum Gasteiger partial charge on any atom is 0.279 e. The molecule has 5 rings (SSSR count). The standard InChI is InChI=1S/C24H21N3O2S/c1-15-7-12-19-21(13-15)30-23-22(19)24(29)27(26-25-23)14-20(28)18-10-8-17(9-11-18)16-5-3-2-4-6-16/h2-6,8-11,15H,7,12-14H2,1H3/t15-/m0/s1. The van der Waals surface area contributed by atoms with Gasteiger partial charge >= 0.3 is 0 Å². The summed E-state index contributed by atoms with van der Waals surface area (Å²) in [5, 5.41) is 8.95. The number of hydrogen-bond acceptors (Lipinski definition) is 5. The van der Waals surface area contributed by atoms with E-state index >= 15 is 0 Å². The highest BCUT2D eigenvalue weighted by Gasteiger charge is 2.24. The number of aromatic nitrogens is 3. The van der Waals surface area contributed by atoms with Crippen molar-refractivity contribution in [3.05, 3.63) is 81.0 Å². The van der Waals surface area contributed by atoms with E-state index in [1.807, 2.05) is 42.5 Å². The molecular weight excluding hydrogens is 394 g/mol. The number of carbonyl (C=O) groups is 1.